The molecule has 1 aliphatic rings. The van der Waals surface area contributed by atoms with Crippen molar-refractivity contribution in [2.75, 3.05) is 25.0 Å². The van der Waals surface area contributed by atoms with Gasteiger partial charge in [0.05, 0.1) is 12.0 Å². The van der Waals surface area contributed by atoms with Crippen LogP contribution < -0.4 is 10.6 Å². The smallest absolute Gasteiger partial charge is 0.286 e. The molecule has 3 heterocycles. The van der Waals surface area contributed by atoms with Crippen molar-refractivity contribution in [2.24, 2.45) is 5.92 Å². The summed E-state index contributed by atoms with van der Waals surface area (Å²) in [6.07, 6.45) is 4.82. The van der Waals surface area contributed by atoms with Gasteiger partial charge >= 0.3 is 0 Å². The number of hydrogen-bond donors (Lipinski definition) is 2. The van der Waals surface area contributed by atoms with Gasteiger partial charge in [0, 0.05) is 24.9 Å². The molecule has 8 heteroatoms. The lowest BCUT2D eigenvalue weighted by atomic mass is 9.99. The van der Waals surface area contributed by atoms with Crippen molar-refractivity contribution in [1.82, 2.24) is 15.2 Å². The van der Waals surface area contributed by atoms with Crippen molar-refractivity contribution < 1.29 is 14.0 Å². The number of hydrogen-bond acceptors (Lipinski definition) is 6. The van der Waals surface area contributed by atoms with Crippen molar-refractivity contribution in [2.45, 2.75) is 39.2 Å². The van der Waals surface area contributed by atoms with Crippen LogP contribution in [0.5, 0.6) is 0 Å². The van der Waals surface area contributed by atoms with Gasteiger partial charge in [-0.3, -0.25) is 14.5 Å². The molecule has 2 aromatic rings. The Labute approximate surface area is 163 Å². The van der Waals surface area contributed by atoms with Crippen molar-refractivity contribution in [3.63, 3.8) is 0 Å². The van der Waals surface area contributed by atoms with Crippen molar-refractivity contribution in [3.8, 4) is 0 Å². The molecule has 146 valence electrons. The second-order valence-electron chi connectivity index (χ2n) is 6.99. The van der Waals surface area contributed by atoms with Gasteiger partial charge in [-0.05, 0) is 50.4 Å². The predicted molar refractivity (Wildman–Crippen MR) is 105 cm³/mol. The van der Waals surface area contributed by atoms with E-state index in [2.05, 4.69) is 27.4 Å². The van der Waals surface area contributed by atoms with Crippen molar-refractivity contribution in [1.29, 1.82) is 0 Å². The number of amides is 2. The summed E-state index contributed by atoms with van der Waals surface area (Å²) >= 11 is 1.46. The second-order valence-corrected chi connectivity index (χ2v) is 7.85. The van der Waals surface area contributed by atoms with E-state index < -0.39 is 0 Å². The molecule has 0 aromatic carbocycles. The summed E-state index contributed by atoms with van der Waals surface area (Å²) in [7, 11) is 0. The summed E-state index contributed by atoms with van der Waals surface area (Å²) in [6.45, 7) is 5.80. The van der Waals surface area contributed by atoms with Crippen LogP contribution in [-0.4, -0.2) is 41.3 Å². The highest BCUT2D eigenvalue weighted by Crippen LogP contribution is 2.21. The standard InChI is InChI=1S/C19H26N4O3S/c1-14-6-9-23(10-7-14)12-15-13-27-19(21-15)22-17(24)5-2-8-20-18(25)16-4-3-11-26-16/h3-4,11,13-14H,2,5-10,12H2,1H3,(H,20,25)(H,21,22,24). The summed E-state index contributed by atoms with van der Waals surface area (Å²) < 4.78 is 5.01. The maximum atomic E-state index is 12.0. The van der Waals surface area contributed by atoms with Gasteiger partial charge in [0.15, 0.2) is 10.9 Å². The highest BCUT2D eigenvalue weighted by molar-refractivity contribution is 7.13. The lowest BCUT2D eigenvalue weighted by Gasteiger charge is -2.29. The minimum absolute atomic E-state index is 0.0880. The number of anilines is 1. The molecule has 1 aliphatic heterocycles. The van der Waals surface area contributed by atoms with Crippen LogP contribution in [0.25, 0.3) is 0 Å². The Bertz CT molecular complexity index is 736. The minimum Gasteiger partial charge on any atom is -0.459 e. The Kier molecular flexibility index (Phi) is 7.00. The molecule has 3 rings (SSSR count). The largest absolute Gasteiger partial charge is 0.459 e. The first kappa shape index (κ1) is 19.6. The number of piperidine rings is 1. The number of carbonyl (C=O) groups is 2. The van der Waals surface area contributed by atoms with Crippen LogP contribution in [0, 0.1) is 5.92 Å². The number of rotatable bonds is 8. The third-order valence-electron chi connectivity index (χ3n) is 4.67. The molecule has 1 fully saturated rings. The first-order valence-electron chi connectivity index (χ1n) is 9.38. The van der Waals surface area contributed by atoms with Crippen molar-refractivity contribution >= 4 is 28.3 Å². The number of aromatic nitrogens is 1. The highest BCUT2D eigenvalue weighted by atomic mass is 32.1. The summed E-state index contributed by atoms with van der Waals surface area (Å²) in [5.41, 5.74) is 1.01. The van der Waals surface area contributed by atoms with Crippen LogP contribution in [0.2, 0.25) is 0 Å². The van der Waals surface area contributed by atoms with Crippen LogP contribution in [0.4, 0.5) is 5.13 Å². The first-order chi connectivity index (χ1) is 13.1. The third-order valence-corrected chi connectivity index (χ3v) is 5.48. The average molecular weight is 391 g/mol. The zero-order chi connectivity index (χ0) is 19.1. The molecule has 7 nitrogen and oxygen atoms in total. The molecule has 0 saturated carbocycles. The molecule has 27 heavy (non-hydrogen) atoms. The number of thiazole rings is 1. The molecule has 2 aromatic heterocycles. The second kappa shape index (κ2) is 9.66. The third kappa shape index (κ3) is 6.18. The molecule has 0 bridgehead atoms. The van der Waals surface area contributed by atoms with Gasteiger partial charge in [0.1, 0.15) is 0 Å². The monoisotopic (exact) mass is 390 g/mol. The average Bonchev–Trinajstić information content (AvgIpc) is 3.33. The number of likely N-dealkylation sites (tertiary alicyclic amines) is 1. The van der Waals surface area contributed by atoms with Crippen LogP contribution in [0.3, 0.4) is 0 Å². The van der Waals surface area contributed by atoms with Gasteiger partial charge in [-0.15, -0.1) is 11.3 Å². The molecule has 2 amide bonds. The van der Waals surface area contributed by atoms with E-state index >= 15 is 0 Å². The zero-order valence-corrected chi connectivity index (χ0v) is 16.4. The van der Waals surface area contributed by atoms with Gasteiger partial charge in [-0.2, -0.15) is 0 Å². The van der Waals surface area contributed by atoms with Crippen LogP contribution in [0.15, 0.2) is 28.2 Å². The maximum absolute atomic E-state index is 12.0. The van der Waals surface area contributed by atoms with Crippen LogP contribution >= 0.6 is 11.3 Å². The van der Waals surface area contributed by atoms with Crippen LogP contribution in [0.1, 0.15) is 48.9 Å². The fraction of sp³-hybridized carbons (Fsp3) is 0.526. The zero-order valence-electron chi connectivity index (χ0n) is 15.6. The van der Waals surface area contributed by atoms with Gasteiger partial charge in [0.2, 0.25) is 5.91 Å². The molecule has 0 spiro atoms. The van der Waals surface area contributed by atoms with Crippen molar-refractivity contribution in [3.05, 3.63) is 35.2 Å². The summed E-state index contributed by atoms with van der Waals surface area (Å²) in [4.78, 5) is 30.7. The van der Waals surface area contributed by atoms with Gasteiger partial charge in [-0.1, -0.05) is 6.92 Å². The Morgan fingerprint density at radius 2 is 2.19 bits per heavy atom. The van der Waals surface area contributed by atoms with Gasteiger partial charge < -0.3 is 15.1 Å². The van der Waals surface area contributed by atoms with E-state index in [-0.39, 0.29) is 17.6 Å². The van der Waals surface area contributed by atoms with E-state index in [9.17, 15) is 9.59 Å². The number of furan rings is 1. The highest BCUT2D eigenvalue weighted by Gasteiger charge is 2.17. The number of nitrogens with zero attached hydrogens (tertiary/aromatic N) is 2. The van der Waals surface area contributed by atoms with E-state index in [1.54, 1.807) is 12.1 Å². The first-order valence-corrected chi connectivity index (χ1v) is 10.3. The molecule has 0 aliphatic carbocycles. The molecular weight excluding hydrogens is 364 g/mol. The Hall–Kier alpha value is -2.19. The predicted octanol–water partition coefficient (Wildman–Crippen LogP) is 3.12. The lowest BCUT2D eigenvalue weighted by molar-refractivity contribution is -0.116. The molecule has 0 radical (unpaired) electrons. The quantitative estimate of drug-likeness (QED) is 0.676. The van der Waals surface area contributed by atoms with E-state index in [1.165, 1.54) is 30.4 Å². The summed E-state index contributed by atoms with van der Waals surface area (Å²) in [5, 5.41) is 8.22. The van der Waals surface area contributed by atoms with E-state index in [4.69, 9.17) is 4.42 Å². The number of nitrogens with one attached hydrogen (secondary N) is 2. The molecular formula is C19H26N4O3S. The lowest BCUT2D eigenvalue weighted by Crippen LogP contribution is -2.32. The maximum Gasteiger partial charge on any atom is 0.286 e. The molecule has 1 saturated heterocycles. The fourth-order valence-corrected chi connectivity index (χ4v) is 3.73. The van der Waals surface area contributed by atoms with E-state index in [1.807, 2.05) is 5.38 Å². The molecule has 0 unspecified atom stereocenters. The molecule has 0 atom stereocenters. The Morgan fingerprint density at radius 1 is 1.37 bits per heavy atom. The SMILES string of the molecule is CC1CCN(Cc2csc(NC(=O)CCCNC(=O)c3ccco3)n2)CC1. The van der Waals surface area contributed by atoms with Crippen LogP contribution in [-0.2, 0) is 11.3 Å². The summed E-state index contributed by atoms with van der Waals surface area (Å²) in [6, 6.07) is 3.27. The van der Waals surface area contributed by atoms with Gasteiger partial charge in [-0.25, -0.2) is 4.98 Å². The number of carbonyl (C=O) groups excluding carboxylic acids is 2. The minimum atomic E-state index is -0.267. The Morgan fingerprint density at radius 3 is 2.93 bits per heavy atom. The van der Waals surface area contributed by atoms with Gasteiger partial charge in [0.25, 0.3) is 5.91 Å². The molecule has 2 N–H and O–H groups in total. The van der Waals surface area contributed by atoms with E-state index in [0.29, 0.717) is 24.5 Å². The topological polar surface area (TPSA) is 87.5 Å². The normalized spacial score (nSPS) is 15.6. The summed E-state index contributed by atoms with van der Waals surface area (Å²) in [5.74, 6) is 0.736. The van der Waals surface area contributed by atoms with E-state index in [0.717, 1.165) is 31.2 Å². The fourth-order valence-electron chi connectivity index (χ4n) is 3.01. The Balaban J connectivity index is 1.33.